The summed E-state index contributed by atoms with van der Waals surface area (Å²) in [5.74, 6) is 0.880. The van der Waals surface area contributed by atoms with Crippen LogP contribution in [0.1, 0.15) is 22.4 Å². The molecule has 0 unspecified atom stereocenters. The first kappa shape index (κ1) is 22.0. The minimum Gasteiger partial charge on any atom is -0.351 e. The summed E-state index contributed by atoms with van der Waals surface area (Å²) in [7, 11) is 0. The minimum atomic E-state index is -0.138. The zero-order valence-electron chi connectivity index (χ0n) is 17.3. The van der Waals surface area contributed by atoms with Gasteiger partial charge in [-0.3, -0.25) is 14.2 Å². The van der Waals surface area contributed by atoms with Gasteiger partial charge < -0.3 is 5.32 Å². The van der Waals surface area contributed by atoms with E-state index in [1.807, 2.05) is 44.2 Å². The fourth-order valence-electron chi connectivity index (χ4n) is 3.51. The second-order valence-corrected chi connectivity index (χ2v) is 9.87. The fraction of sp³-hybridized carbons (Fsp3) is 0.261. The zero-order chi connectivity index (χ0) is 22.0. The van der Waals surface area contributed by atoms with E-state index in [0.717, 1.165) is 40.2 Å². The van der Waals surface area contributed by atoms with Crippen molar-refractivity contribution >= 4 is 41.0 Å². The normalized spacial score (nSPS) is 12.6. The summed E-state index contributed by atoms with van der Waals surface area (Å²) in [6.45, 7) is 4.37. The van der Waals surface area contributed by atoms with Gasteiger partial charge in [0.1, 0.15) is 0 Å². The number of hydrogen-bond acceptors (Lipinski definition) is 5. The Labute approximate surface area is 194 Å². The van der Waals surface area contributed by atoms with Gasteiger partial charge in [0.05, 0.1) is 22.0 Å². The highest BCUT2D eigenvalue weighted by atomic mass is 35.5. The number of carbonyl (C=O) groups is 1. The van der Waals surface area contributed by atoms with Crippen molar-refractivity contribution in [3.63, 3.8) is 0 Å². The van der Waals surface area contributed by atoms with Crippen LogP contribution in [-0.4, -0.2) is 27.0 Å². The Hall–Kier alpha value is -2.22. The molecule has 0 atom stereocenters. The Kier molecular flexibility index (Phi) is 6.74. The van der Waals surface area contributed by atoms with E-state index in [4.69, 9.17) is 16.6 Å². The first-order valence-corrected chi connectivity index (χ1v) is 12.3. The lowest BCUT2D eigenvalue weighted by atomic mass is 10.1. The molecule has 0 fully saturated rings. The van der Waals surface area contributed by atoms with Crippen molar-refractivity contribution in [1.29, 1.82) is 0 Å². The molecule has 1 aliphatic rings. The Bertz CT molecular complexity index is 1190. The molecule has 0 radical (unpaired) electrons. The van der Waals surface area contributed by atoms with E-state index in [1.54, 1.807) is 22.4 Å². The summed E-state index contributed by atoms with van der Waals surface area (Å²) >= 11 is 8.99. The highest BCUT2D eigenvalue weighted by Crippen LogP contribution is 2.30. The van der Waals surface area contributed by atoms with Gasteiger partial charge in [0, 0.05) is 23.7 Å². The lowest BCUT2D eigenvalue weighted by Gasteiger charge is -2.15. The minimum absolute atomic E-state index is 0.0588. The van der Waals surface area contributed by atoms with Gasteiger partial charge in [-0.2, -0.15) is 0 Å². The maximum absolute atomic E-state index is 13.3. The quantitative estimate of drug-likeness (QED) is 0.421. The van der Waals surface area contributed by atoms with Gasteiger partial charge in [-0.1, -0.05) is 47.6 Å². The number of aryl methyl sites for hydroxylation is 3. The van der Waals surface area contributed by atoms with E-state index in [1.165, 1.54) is 11.8 Å². The summed E-state index contributed by atoms with van der Waals surface area (Å²) in [6.07, 6.45) is 0.773. The number of halogens is 1. The van der Waals surface area contributed by atoms with Crippen LogP contribution in [0.5, 0.6) is 0 Å². The van der Waals surface area contributed by atoms with Crippen molar-refractivity contribution in [3.05, 3.63) is 80.2 Å². The van der Waals surface area contributed by atoms with E-state index < -0.39 is 0 Å². The monoisotopic (exact) mass is 471 g/mol. The standard InChI is InChI=1S/C23H22ClN3O2S2/c1-14-9-15(2)11-17(10-14)27-22(29)21-19(7-8-30-21)26-23(27)31-13-20(28)25-12-16-5-3-4-6-18(16)24/h3-6,9-11H,7-8,12-13H2,1-2H3,(H,25,28). The van der Waals surface area contributed by atoms with Crippen LogP contribution in [0.25, 0.3) is 5.69 Å². The molecule has 1 aromatic heterocycles. The third kappa shape index (κ3) is 5.00. The zero-order valence-corrected chi connectivity index (χ0v) is 19.7. The molecule has 4 rings (SSSR count). The van der Waals surface area contributed by atoms with Gasteiger partial charge in [0.15, 0.2) is 5.16 Å². The summed E-state index contributed by atoms with van der Waals surface area (Å²) < 4.78 is 1.64. The van der Waals surface area contributed by atoms with Crippen molar-refractivity contribution in [2.75, 3.05) is 11.5 Å². The second kappa shape index (κ2) is 9.51. The number of nitrogens with zero attached hydrogens (tertiary/aromatic N) is 2. The second-order valence-electron chi connectivity index (χ2n) is 7.41. The van der Waals surface area contributed by atoms with Gasteiger partial charge in [0.2, 0.25) is 5.91 Å². The highest BCUT2D eigenvalue weighted by Gasteiger charge is 2.23. The van der Waals surface area contributed by atoms with Gasteiger partial charge in [0.25, 0.3) is 5.56 Å². The number of fused-ring (bicyclic) bond motifs is 1. The molecule has 2 aromatic carbocycles. The third-order valence-corrected chi connectivity index (χ3v) is 7.31. The molecule has 1 amide bonds. The molecule has 1 N–H and O–H groups in total. The average molecular weight is 472 g/mol. The smallest absolute Gasteiger partial charge is 0.272 e. The van der Waals surface area contributed by atoms with Crippen LogP contribution >= 0.6 is 35.1 Å². The number of rotatable bonds is 6. The fourth-order valence-corrected chi connectivity index (χ4v) is 5.60. The molecular weight excluding hydrogens is 450 g/mol. The molecular formula is C23H22ClN3O2S2. The molecule has 5 nitrogen and oxygen atoms in total. The molecule has 31 heavy (non-hydrogen) atoms. The first-order valence-electron chi connectivity index (χ1n) is 9.92. The van der Waals surface area contributed by atoms with Crippen LogP contribution in [0.15, 0.2) is 57.3 Å². The van der Waals surface area contributed by atoms with E-state index in [-0.39, 0.29) is 17.2 Å². The number of carbonyl (C=O) groups excluding carboxylic acids is 1. The molecule has 0 aliphatic carbocycles. The predicted molar refractivity (Wildman–Crippen MR) is 128 cm³/mol. The molecule has 0 saturated heterocycles. The Balaban J connectivity index is 1.58. The maximum atomic E-state index is 13.3. The Morgan fingerprint density at radius 3 is 2.71 bits per heavy atom. The van der Waals surface area contributed by atoms with Gasteiger partial charge >= 0.3 is 0 Å². The van der Waals surface area contributed by atoms with Crippen molar-refractivity contribution in [2.24, 2.45) is 0 Å². The van der Waals surface area contributed by atoms with Crippen molar-refractivity contribution in [2.45, 2.75) is 36.9 Å². The van der Waals surface area contributed by atoms with Crippen LogP contribution in [0.3, 0.4) is 0 Å². The molecule has 8 heteroatoms. The number of amides is 1. The van der Waals surface area contributed by atoms with Gasteiger partial charge in [-0.05, 0) is 48.7 Å². The largest absolute Gasteiger partial charge is 0.351 e. The molecule has 160 valence electrons. The lowest BCUT2D eigenvalue weighted by Crippen LogP contribution is -2.27. The van der Waals surface area contributed by atoms with E-state index in [9.17, 15) is 9.59 Å². The Morgan fingerprint density at radius 1 is 1.23 bits per heavy atom. The summed E-state index contributed by atoms with van der Waals surface area (Å²) in [6, 6.07) is 13.4. The summed E-state index contributed by atoms with van der Waals surface area (Å²) in [5.41, 5.74) is 4.56. The number of thioether (sulfide) groups is 2. The summed E-state index contributed by atoms with van der Waals surface area (Å²) in [4.78, 5) is 31.2. The highest BCUT2D eigenvalue weighted by molar-refractivity contribution is 8.00. The van der Waals surface area contributed by atoms with E-state index >= 15 is 0 Å². The number of benzene rings is 2. The van der Waals surface area contributed by atoms with E-state index in [2.05, 4.69) is 11.4 Å². The van der Waals surface area contributed by atoms with Gasteiger partial charge in [-0.15, -0.1) is 11.8 Å². The predicted octanol–water partition coefficient (Wildman–Crippen LogP) is 4.56. The van der Waals surface area contributed by atoms with Crippen LogP contribution < -0.4 is 10.9 Å². The van der Waals surface area contributed by atoms with Crippen molar-refractivity contribution in [1.82, 2.24) is 14.9 Å². The molecule has 0 saturated carbocycles. The SMILES string of the molecule is Cc1cc(C)cc(-n2c(SCC(=O)NCc3ccccc3Cl)nc3c(c2=O)SCC3)c1. The van der Waals surface area contributed by atoms with Crippen molar-refractivity contribution in [3.8, 4) is 5.69 Å². The number of hydrogen-bond donors (Lipinski definition) is 1. The van der Waals surface area contributed by atoms with Gasteiger partial charge in [-0.25, -0.2) is 4.98 Å². The Morgan fingerprint density at radius 2 is 1.97 bits per heavy atom. The molecule has 0 spiro atoms. The van der Waals surface area contributed by atoms with Crippen LogP contribution in [0.4, 0.5) is 0 Å². The number of aromatic nitrogens is 2. The van der Waals surface area contributed by atoms with Crippen molar-refractivity contribution < 1.29 is 4.79 Å². The van der Waals surface area contributed by atoms with Crippen LogP contribution in [-0.2, 0) is 17.8 Å². The molecule has 3 aromatic rings. The lowest BCUT2D eigenvalue weighted by molar-refractivity contribution is -0.118. The maximum Gasteiger partial charge on any atom is 0.272 e. The van der Waals surface area contributed by atoms with E-state index in [0.29, 0.717) is 21.6 Å². The van der Waals surface area contributed by atoms with Crippen LogP contribution in [0.2, 0.25) is 5.02 Å². The average Bonchev–Trinajstić information content (AvgIpc) is 3.20. The summed E-state index contributed by atoms with van der Waals surface area (Å²) in [5, 5.41) is 4.06. The topological polar surface area (TPSA) is 64.0 Å². The molecule has 2 heterocycles. The van der Waals surface area contributed by atoms with Crippen LogP contribution in [0, 0.1) is 13.8 Å². The first-order chi connectivity index (χ1) is 14.9. The molecule has 0 bridgehead atoms. The number of nitrogens with one attached hydrogen (secondary N) is 1. The molecule has 1 aliphatic heterocycles. The third-order valence-electron chi connectivity index (χ3n) is 4.90.